The van der Waals surface area contributed by atoms with E-state index in [1.54, 1.807) is 18.0 Å². The summed E-state index contributed by atoms with van der Waals surface area (Å²) in [6.07, 6.45) is 6.53. The van der Waals surface area contributed by atoms with Crippen molar-refractivity contribution in [3.05, 3.63) is 11.9 Å². The minimum atomic E-state index is 0.159. The van der Waals surface area contributed by atoms with Gasteiger partial charge in [0.25, 0.3) is 0 Å². The van der Waals surface area contributed by atoms with Crippen LogP contribution in [0.25, 0.3) is 0 Å². The van der Waals surface area contributed by atoms with Gasteiger partial charge in [0, 0.05) is 13.0 Å². The summed E-state index contributed by atoms with van der Waals surface area (Å²) in [6.45, 7) is 5.00. The Morgan fingerprint density at radius 1 is 1.50 bits per heavy atom. The van der Waals surface area contributed by atoms with E-state index in [-0.39, 0.29) is 5.78 Å². The Morgan fingerprint density at radius 2 is 2.25 bits per heavy atom. The summed E-state index contributed by atoms with van der Waals surface area (Å²) in [6, 6.07) is 0. The third-order valence-electron chi connectivity index (χ3n) is 3.96. The van der Waals surface area contributed by atoms with Crippen molar-refractivity contribution in [2.24, 2.45) is 5.92 Å². The van der Waals surface area contributed by atoms with Crippen molar-refractivity contribution < 1.29 is 9.53 Å². The normalized spacial score (nSPS) is 16.3. The predicted octanol–water partition coefficient (Wildman–Crippen LogP) is 2.26. The molecule has 0 amide bonds. The second-order valence-corrected chi connectivity index (χ2v) is 5.44. The van der Waals surface area contributed by atoms with Gasteiger partial charge in [-0.25, -0.2) is 0 Å². The fourth-order valence-corrected chi connectivity index (χ4v) is 2.80. The molecule has 1 N–H and O–H groups in total. The molecule has 0 atom stereocenters. The molecule has 0 aliphatic carbocycles. The van der Waals surface area contributed by atoms with Gasteiger partial charge in [0.2, 0.25) is 0 Å². The summed E-state index contributed by atoms with van der Waals surface area (Å²) in [5.41, 5.74) is 0.642. The highest BCUT2D eigenvalue weighted by Gasteiger charge is 2.21. The molecule has 0 radical (unpaired) electrons. The fraction of sp³-hybridized carbons (Fsp3) is 0.733. The molecule has 1 aliphatic heterocycles. The number of nitrogens with zero attached hydrogens (tertiary/aromatic N) is 2. The zero-order chi connectivity index (χ0) is 14.4. The largest absolute Gasteiger partial charge is 0.493 e. The van der Waals surface area contributed by atoms with Crippen molar-refractivity contribution >= 4 is 5.78 Å². The highest BCUT2D eigenvalue weighted by Crippen LogP contribution is 2.23. The zero-order valence-corrected chi connectivity index (χ0v) is 12.5. The first kappa shape index (κ1) is 15.0. The average Bonchev–Trinajstić information content (AvgIpc) is 2.89. The second kappa shape index (κ2) is 7.43. The molecule has 1 aromatic heterocycles. The summed E-state index contributed by atoms with van der Waals surface area (Å²) in [5.74, 6) is 1.44. The molecule has 112 valence electrons. The van der Waals surface area contributed by atoms with Crippen molar-refractivity contribution in [2.45, 2.75) is 45.6 Å². The van der Waals surface area contributed by atoms with Crippen LogP contribution in [0.4, 0.5) is 0 Å². The Hall–Kier alpha value is -1.36. The number of carbonyl (C=O) groups is 1. The van der Waals surface area contributed by atoms with Crippen molar-refractivity contribution in [3.63, 3.8) is 0 Å². The van der Waals surface area contributed by atoms with E-state index in [1.165, 1.54) is 12.8 Å². The first-order valence-corrected chi connectivity index (χ1v) is 7.60. The van der Waals surface area contributed by atoms with E-state index >= 15 is 0 Å². The highest BCUT2D eigenvalue weighted by atomic mass is 16.5. The van der Waals surface area contributed by atoms with Crippen molar-refractivity contribution in [3.8, 4) is 5.75 Å². The molecule has 2 rings (SSSR count). The van der Waals surface area contributed by atoms with Gasteiger partial charge in [-0.2, -0.15) is 5.10 Å². The Balaban J connectivity index is 1.98. The molecule has 0 saturated carbocycles. The number of Topliss-reactive ketones (excluding diaryl/α,β-unsaturated/α-hetero) is 1. The molecule has 1 saturated heterocycles. The third kappa shape index (κ3) is 3.60. The Bertz CT molecular complexity index is 436. The monoisotopic (exact) mass is 279 g/mol. The van der Waals surface area contributed by atoms with E-state index in [4.69, 9.17) is 4.74 Å². The zero-order valence-electron chi connectivity index (χ0n) is 12.5. The summed E-state index contributed by atoms with van der Waals surface area (Å²) >= 11 is 0. The summed E-state index contributed by atoms with van der Waals surface area (Å²) in [7, 11) is 1.59. The minimum absolute atomic E-state index is 0.159. The van der Waals surface area contributed by atoms with E-state index in [2.05, 4.69) is 17.3 Å². The van der Waals surface area contributed by atoms with Gasteiger partial charge in [-0.3, -0.25) is 9.48 Å². The van der Waals surface area contributed by atoms with Crippen LogP contribution in [0.1, 0.15) is 49.5 Å². The molecule has 2 heterocycles. The average molecular weight is 279 g/mol. The van der Waals surface area contributed by atoms with Crippen LogP contribution < -0.4 is 10.1 Å². The maximum absolute atomic E-state index is 12.5. The molecular formula is C15H25N3O2. The number of hydrogen-bond donors (Lipinski definition) is 1. The molecule has 5 heteroatoms. The van der Waals surface area contributed by atoms with Gasteiger partial charge in [-0.15, -0.1) is 0 Å². The van der Waals surface area contributed by atoms with Crippen LogP contribution in [0, 0.1) is 5.92 Å². The number of ether oxygens (including phenoxy) is 1. The minimum Gasteiger partial charge on any atom is -0.493 e. The molecule has 1 fully saturated rings. The third-order valence-corrected chi connectivity index (χ3v) is 3.96. The van der Waals surface area contributed by atoms with Gasteiger partial charge in [0.15, 0.2) is 11.5 Å². The molecule has 20 heavy (non-hydrogen) atoms. The second-order valence-electron chi connectivity index (χ2n) is 5.44. The van der Waals surface area contributed by atoms with E-state index in [9.17, 15) is 4.79 Å². The van der Waals surface area contributed by atoms with Crippen molar-refractivity contribution in [2.75, 3.05) is 20.2 Å². The van der Waals surface area contributed by atoms with Crippen LogP contribution in [0.2, 0.25) is 0 Å². The van der Waals surface area contributed by atoms with E-state index in [0.717, 1.165) is 32.5 Å². The summed E-state index contributed by atoms with van der Waals surface area (Å²) in [5, 5.41) is 7.61. The van der Waals surface area contributed by atoms with E-state index in [0.29, 0.717) is 23.8 Å². The maximum Gasteiger partial charge on any atom is 0.184 e. The SMILES string of the molecule is CCCn1ncc(OC)c1C(=O)CCC1CCNCC1. The molecule has 0 bridgehead atoms. The lowest BCUT2D eigenvalue weighted by molar-refractivity contribution is 0.0957. The van der Waals surface area contributed by atoms with Crippen LogP contribution in [-0.4, -0.2) is 35.8 Å². The van der Waals surface area contributed by atoms with Crippen molar-refractivity contribution in [1.82, 2.24) is 15.1 Å². The standard InChI is InChI=1S/C15H25N3O2/c1-3-10-18-15(14(20-2)11-17-18)13(19)5-4-12-6-8-16-9-7-12/h11-12,16H,3-10H2,1-2H3. The van der Waals surface area contributed by atoms with Crippen LogP contribution in [-0.2, 0) is 6.54 Å². The fourth-order valence-electron chi connectivity index (χ4n) is 2.80. The van der Waals surface area contributed by atoms with Crippen molar-refractivity contribution in [1.29, 1.82) is 0 Å². The molecule has 5 nitrogen and oxygen atoms in total. The number of methoxy groups -OCH3 is 1. The lowest BCUT2D eigenvalue weighted by Gasteiger charge is -2.22. The Labute approximate surface area is 120 Å². The summed E-state index contributed by atoms with van der Waals surface area (Å²) in [4.78, 5) is 12.5. The Morgan fingerprint density at radius 3 is 2.90 bits per heavy atom. The van der Waals surface area contributed by atoms with Gasteiger partial charge in [-0.1, -0.05) is 6.92 Å². The number of piperidine rings is 1. The lowest BCUT2D eigenvalue weighted by Crippen LogP contribution is -2.28. The predicted molar refractivity (Wildman–Crippen MR) is 78.2 cm³/mol. The van der Waals surface area contributed by atoms with E-state index in [1.807, 2.05) is 0 Å². The number of aryl methyl sites for hydroxylation is 1. The van der Waals surface area contributed by atoms with Gasteiger partial charge in [-0.05, 0) is 44.7 Å². The first-order valence-electron chi connectivity index (χ1n) is 7.60. The van der Waals surface area contributed by atoms with Crippen LogP contribution in [0.15, 0.2) is 6.20 Å². The molecular weight excluding hydrogens is 254 g/mol. The van der Waals surface area contributed by atoms with E-state index < -0.39 is 0 Å². The molecule has 0 unspecified atom stereocenters. The molecule has 0 spiro atoms. The number of hydrogen-bond acceptors (Lipinski definition) is 4. The summed E-state index contributed by atoms with van der Waals surface area (Å²) < 4.78 is 7.05. The highest BCUT2D eigenvalue weighted by molar-refractivity contribution is 5.97. The first-order chi connectivity index (χ1) is 9.76. The van der Waals surface area contributed by atoms with Gasteiger partial charge in [0.1, 0.15) is 5.69 Å². The van der Waals surface area contributed by atoms with Crippen LogP contribution in [0.3, 0.4) is 0 Å². The van der Waals surface area contributed by atoms with Crippen LogP contribution in [0.5, 0.6) is 5.75 Å². The van der Waals surface area contributed by atoms with Gasteiger partial charge >= 0.3 is 0 Å². The topological polar surface area (TPSA) is 56.2 Å². The number of carbonyl (C=O) groups excluding carboxylic acids is 1. The molecule has 1 aromatic rings. The number of ketones is 1. The smallest absolute Gasteiger partial charge is 0.184 e. The number of aromatic nitrogens is 2. The number of nitrogens with one attached hydrogen (secondary N) is 1. The quantitative estimate of drug-likeness (QED) is 0.778. The lowest BCUT2D eigenvalue weighted by atomic mass is 9.92. The molecule has 0 aromatic carbocycles. The number of rotatable bonds is 7. The Kier molecular flexibility index (Phi) is 5.59. The van der Waals surface area contributed by atoms with Gasteiger partial charge < -0.3 is 10.1 Å². The molecule has 1 aliphatic rings. The van der Waals surface area contributed by atoms with Crippen LogP contribution >= 0.6 is 0 Å². The maximum atomic E-state index is 12.5. The van der Waals surface area contributed by atoms with Gasteiger partial charge in [0.05, 0.1) is 13.3 Å².